The zero-order chi connectivity index (χ0) is 18.7. The maximum atomic E-state index is 13.7. The number of aromatic amines is 2. The molecule has 0 bridgehead atoms. The van der Waals surface area contributed by atoms with Crippen LogP contribution in [-0.2, 0) is 9.59 Å². The van der Waals surface area contributed by atoms with Crippen molar-refractivity contribution in [2.24, 2.45) is 0 Å². The lowest BCUT2D eigenvalue weighted by Crippen LogP contribution is -2.22. The Balaban J connectivity index is 1.84. The summed E-state index contributed by atoms with van der Waals surface area (Å²) in [6.45, 7) is 0. The van der Waals surface area contributed by atoms with Gasteiger partial charge in [0.15, 0.2) is 0 Å². The molecule has 4 aromatic rings. The van der Waals surface area contributed by atoms with Gasteiger partial charge in [0.25, 0.3) is 11.8 Å². The first-order valence-corrected chi connectivity index (χ1v) is 8.17. The average Bonchev–Trinajstić information content (AvgIpc) is 3.29. The molecule has 0 saturated heterocycles. The van der Waals surface area contributed by atoms with Gasteiger partial charge in [0, 0.05) is 45.3 Å². The smallest absolute Gasteiger partial charge is 0.259 e. The summed E-state index contributed by atoms with van der Waals surface area (Å²) >= 11 is 0. The predicted molar refractivity (Wildman–Crippen MR) is 96.5 cm³/mol. The van der Waals surface area contributed by atoms with Gasteiger partial charge in [-0.15, -0.1) is 0 Å². The molecule has 0 unspecified atom stereocenters. The fourth-order valence-electron chi connectivity index (χ4n) is 3.57. The molecule has 132 valence electrons. The van der Waals surface area contributed by atoms with E-state index in [1.807, 2.05) is 0 Å². The highest BCUT2D eigenvalue weighted by molar-refractivity contribution is 6.50. The van der Waals surface area contributed by atoms with Crippen LogP contribution in [0.25, 0.3) is 33.0 Å². The number of amides is 2. The molecular formula is C20H11F2N3O2. The number of aromatic nitrogens is 2. The van der Waals surface area contributed by atoms with Gasteiger partial charge in [0.05, 0.1) is 11.1 Å². The van der Waals surface area contributed by atoms with Gasteiger partial charge in [-0.2, -0.15) is 0 Å². The Kier molecular flexibility index (Phi) is 3.09. The standard InChI is InChI=1S/C20H11F2N3O2/c21-9-1-3-15-11(5-9)13(7-23-15)17-18(20(27)25-19(17)26)14-8-24-16-4-2-10(22)6-12(14)16/h1-8,23-24H,(H,25,26,27). The van der Waals surface area contributed by atoms with Crippen molar-refractivity contribution in [1.29, 1.82) is 0 Å². The van der Waals surface area contributed by atoms with E-state index >= 15 is 0 Å². The van der Waals surface area contributed by atoms with Crippen molar-refractivity contribution >= 4 is 44.8 Å². The Morgan fingerprint density at radius 3 is 1.56 bits per heavy atom. The van der Waals surface area contributed by atoms with Gasteiger partial charge in [0.2, 0.25) is 0 Å². The monoisotopic (exact) mass is 363 g/mol. The minimum Gasteiger partial charge on any atom is -0.361 e. The first-order chi connectivity index (χ1) is 13.0. The Labute approximate surface area is 150 Å². The fraction of sp³-hybridized carbons (Fsp3) is 0. The first-order valence-electron chi connectivity index (χ1n) is 8.17. The van der Waals surface area contributed by atoms with E-state index in [4.69, 9.17) is 0 Å². The van der Waals surface area contributed by atoms with E-state index in [-0.39, 0.29) is 11.1 Å². The molecule has 2 amide bonds. The number of nitrogens with one attached hydrogen (secondary N) is 3. The van der Waals surface area contributed by atoms with Gasteiger partial charge in [0.1, 0.15) is 11.6 Å². The second-order valence-corrected chi connectivity index (χ2v) is 6.32. The molecule has 3 heterocycles. The second-order valence-electron chi connectivity index (χ2n) is 6.32. The minimum atomic E-state index is -0.578. The number of carbonyl (C=O) groups excluding carboxylic acids is 2. The summed E-state index contributed by atoms with van der Waals surface area (Å²) in [4.78, 5) is 31.0. The van der Waals surface area contributed by atoms with Gasteiger partial charge in [-0.3, -0.25) is 14.9 Å². The summed E-state index contributed by atoms with van der Waals surface area (Å²) in [6, 6.07) is 8.34. The lowest BCUT2D eigenvalue weighted by Gasteiger charge is -2.03. The molecule has 5 nitrogen and oxygen atoms in total. The van der Waals surface area contributed by atoms with Crippen LogP contribution in [0.5, 0.6) is 0 Å². The molecule has 5 rings (SSSR count). The number of imide groups is 1. The average molecular weight is 363 g/mol. The second kappa shape index (κ2) is 5.38. The molecule has 0 atom stereocenters. The molecule has 0 aliphatic carbocycles. The van der Waals surface area contributed by atoms with Gasteiger partial charge in [-0.1, -0.05) is 0 Å². The zero-order valence-electron chi connectivity index (χ0n) is 13.7. The number of rotatable bonds is 2. The van der Waals surface area contributed by atoms with Crippen molar-refractivity contribution in [3.05, 3.63) is 71.6 Å². The predicted octanol–water partition coefficient (Wildman–Crippen LogP) is 3.49. The highest BCUT2D eigenvalue weighted by atomic mass is 19.1. The summed E-state index contributed by atoms with van der Waals surface area (Å²) in [7, 11) is 0. The maximum Gasteiger partial charge on any atom is 0.259 e. The van der Waals surface area contributed by atoms with Crippen molar-refractivity contribution in [3.63, 3.8) is 0 Å². The van der Waals surface area contributed by atoms with Crippen LogP contribution in [0.15, 0.2) is 48.8 Å². The van der Waals surface area contributed by atoms with E-state index in [0.29, 0.717) is 32.9 Å². The summed E-state index contributed by atoms with van der Waals surface area (Å²) in [5.41, 5.74) is 2.34. The topological polar surface area (TPSA) is 77.8 Å². The number of H-pyrrole nitrogens is 2. The summed E-state index contributed by atoms with van der Waals surface area (Å²) < 4.78 is 27.5. The molecule has 7 heteroatoms. The first kappa shape index (κ1) is 15.5. The van der Waals surface area contributed by atoms with Gasteiger partial charge < -0.3 is 9.97 Å². The van der Waals surface area contributed by atoms with Gasteiger partial charge >= 0.3 is 0 Å². The SMILES string of the molecule is O=C1NC(=O)C(c2c[nH]c3ccc(F)cc23)=C1c1c[nH]c2ccc(F)cc12. The van der Waals surface area contributed by atoms with Crippen molar-refractivity contribution in [2.45, 2.75) is 0 Å². The number of carbonyl (C=O) groups is 2. The van der Waals surface area contributed by atoms with Crippen LogP contribution >= 0.6 is 0 Å². The number of hydrogen-bond donors (Lipinski definition) is 3. The van der Waals surface area contributed by atoms with Crippen molar-refractivity contribution in [3.8, 4) is 0 Å². The van der Waals surface area contributed by atoms with E-state index in [1.165, 1.54) is 24.3 Å². The quantitative estimate of drug-likeness (QED) is 0.477. The van der Waals surface area contributed by atoms with Crippen LogP contribution in [0.3, 0.4) is 0 Å². The Bertz CT molecular complexity index is 1210. The molecule has 1 aliphatic rings. The number of hydrogen-bond acceptors (Lipinski definition) is 2. The molecular weight excluding hydrogens is 352 g/mol. The van der Waals surface area contributed by atoms with Crippen molar-refractivity contribution in [2.75, 3.05) is 0 Å². The fourth-order valence-corrected chi connectivity index (χ4v) is 3.57. The number of fused-ring (bicyclic) bond motifs is 2. The number of halogens is 2. The molecule has 3 N–H and O–H groups in total. The minimum absolute atomic E-state index is 0.127. The highest BCUT2D eigenvalue weighted by Gasteiger charge is 2.34. The molecule has 0 radical (unpaired) electrons. The van der Waals surface area contributed by atoms with Crippen LogP contribution in [0.4, 0.5) is 8.78 Å². The van der Waals surface area contributed by atoms with E-state index in [2.05, 4.69) is 15.3 Å². The molecule has 1 aliphatic heterocycles. The normalized spacial score (nSPS) is 14.6. The third kappa shape index (κ3) is 2.21. The van der Waals surface area contributed by atoms with Crippen molar-refractivity contribution in [1.82, 2.24) is 15.3 Å². The highest BCUT2D eigenvalue weighted by Crippen LogP contribution is 2.37. The summed E-state index contributed by atoms with van der Waals surface area (Å²) in [5, 5.41) is 3.25. The van der Waals surface area contributed by atoms with Crippen LogP contribution < -0.4 is 5.32 Å². The molecule has 0 spiro atoms. The van der Waals surface area contributed by atoms with Crippen LogP contribution in [0, 0.1) is 11.6 Å². The lowest BCUT2D eigenvalue weighted by molar-refractivity contribution is -0.122. The van der Waals surface area contributed by atoms with Gasteiger partial charge in [-0.25, -0.2) is 8.78 Å². The third-order valence-corrected chi connectivity index (χ3v) is 4.76. The lowest BCUT2D eigenvalue weighted by atomic mass is 9.95. The van der Waals surface area contributed by atoms with Crippen LogP contribution in [0.1, 0.15) is 11.1 Å². The Morgan fingerprint density at radius 2 is 1.11 bits per heavy atom. The van der Waals surface area contributed by atoms with Gasteiger partial charge in [-0.05, 0) is 36.4 Å². The van der Waals surface area contributed by atoms with E-state index < -0.39 is 23.4 Å². The van der Waals surface area contributed by atoms with Crippen molar-refractivity contribution < 1.29 is 18.4 Å². The van der Waals surface area contributed by atoms with Crippen LogP contribution in [-0.4, -0.2) is 21.8 Å². The number of benzene rings is 2. The molecule has 2 aromatic heterocycles. The largest absolute Gasteiger partial charge is 0.361 e. The van der Waals surface area contributed by atoms with E-state index in [0.717, 1.165) is 0 Å². The molecule has 0 saturated carbocycles. The van der Waals surface area contributed by atoms with E-state index in [1.54, 1.807) is 24.5 Å². The summed E-state index contributed by atoms with van der Waals surface area (Å²) in [5.74, 6) is -2.06. The van der Waals surface area contributed by atoms with E-state index in [9.17, 15) is 18.4 Å². The third-order valence-electron chi connectivity index (χ3n) is 4.76. The Morgan fingerprint density at radius 1 is 0.667 bits per heavy atom. The van der Waals surface area contributed by atoms with Crippen LogP contribution in [0.2, 0.25) is 0 Å². The summed E-state index contributed by atoms with van der Waals surface area (Å²) in [6.07, 6.45) is 3.13. The zero-order valence-corrected chi connectivity index (χ0v) is 13.7. The molecule has 2 aromatic carbocycles. The molecule has 0 fully saturated rings. The molecule has 27 heavy (non-hydrogen) atoms. The Hall–Kier alpha value is -3.74. The maximum absolute atomic E-state index is 13.7.